The van der Waals surface area contributed by atoms with Crippen molar-refractivity contribution in [3.63, 3.8) is 0 Å². The van der Waals surface area contributed by atoms with E-state index in [9.17, 15) is 4.39 Å². The van der Waals surface area contributed by atoms with Crippen molar-refractivity contribution >= 4 is 34.8 Å². The molecule has 0 aliphatic carbocycles. The molecular formula is C9H3Cl3FN3O. The molecule has 2 aromatic rings. The summed E-state index contributed by atoms with van der Waals surface area (Å²) < 4.78 is 18.0. The second-order valence-corrected chi connectivity index (χ2v) is 3.92. The Hall–Kier alpha value is -1.17. The fourth-order valence-electron chi connectivity index (χ4n) is 1.01. The maximum absolute atomic E-state index is 12.8. The number of rotatable bonds is 2. The lowest BCUT2D eigenvalue weighted by Crippen LogP contribution is -1.95. The highest BCUT2D eigenvalue weighted by molar-refractivity contribution is 6.32. The summed E-state index contributed by atoms with van der Waals surface area (Å²) >= 11 is 16.9. The predicted octanol–water partition coefficient (Wildman–Crippen LogP) is 3.76. The molecule has 0 bridgehead atoms. The summed E-state index contributed by atoms with van der Waals surface area (Å²) in [6.45, 7) is 0. The maximum atomic E-state index is 12.8. The van der Waals surface area contributed by atoms with Crippen molar-refractivity contribution in [1.82, 2.24) is 15.0 Å². The molecule has 88 valence electrons. The SMILES string of the molecule is Fc1ccc(Oc2nc(Cl)nc(Cl)n2)c(Cl)c1. The van der Waals surface area contributed by atoms with Crippen LogP contribution in [0.2, 0.25) is 15.6 Å². The van der Waals surface area contributed by atoms with Crippen molar-refractivity contribution in [2.75, 3.05) is 0 Å². The Kier molecular flexibility index (Phi) is 3.61. The van der Waals surface area contributed by atoms with Crippen LogP contribution in [0, 0.1) is 5.82 Å². The topological polar surface area (TPSA) is 47.9 Å². The van der Waals surface area contributed by atoms with Crippen LogP contribution < -0.4 is 4.74 Å². The van der Waals surface area contributed by atoms with E-state index < -0.39 is 5.82 Å². The van der Waals surface area contributed by atoms with Gasteiger partial charge >= 0.3 is 6.01 Å². The Morgan fingerprint density at radius 3 is 2.24 bits per heavy atom. The Labute approximate surface area is 110 Å². The zero-order chi connectivity index (χ0) is 12.4. The van der Waals surface area contributed by atoms with Gasteiger partial charge in [-0.15, -0.1) is 0 Å². The first-order chi connectivity index (χ1) is 8.04. The molecule has 0 atom stereocenters. The third-order valence-electron chi connectivity index (χ3n) is 1.66. The molecule has 0 fully saturated rings. The van der Waals surface area contributed by atoms with Crippen LogP contribution >= 0.6 is 34.8 Å². The first-order valence-corrected chi connectivity index (χ1v) is 5.38. The van der Waals surface area contributed by atoms with Crippen molar-refractivity contribution in [1.29, 1.82) is 0 Å². The number of benzene rings is 1. The Bertz CT molecular complexity index is 547. The van der Waals surface area contributed by atoms with Crippen molar-refractivity contribution in [2.45, 2.75) is 0 Å². The summed E-state index contributed by atoms with van der Waals surface area (Å²) in [7, 11) is 0. The molecule has 0 N–H and O–H groups in total. The van der Waals surface area contributed by atoms with E-state index in [2.05, 4.69) is 15.0 Å². The van der Waals surface area contributed by atoms with E-state index in [1.807, 2.05) is 0 Å². The molecule has 4 nitrogen and oxygen atoms in total. The van der Waals surface area contributed by atoms with Gasteiger partial charge in [-0.3, -0.25) is 0 Å². The van der Waals surface area contributed by atoms with E-state index in [4.69, 9.17) is 39.5 Å². The number of nitrogens with zero attached hydrogens (tertiary/aromatic N) is 3. The fraction of sp³-hybridized carbons (Fsp3) is 0. The fourth-order valence-corrected chi connectivity index (χ4v) is 1.56. The van der Waals surface area contributed by atoms with Crippen molar-refractivity contribution in [3.05, 3.63) is 39.6 Å². The van der Waals surface area contributed by atoms with Gasteiger partial charge in [-0.1, -0.05) is 11.6 Å². The molecule has 1 aromatic carbocycles. The molecule has 0 saturated carbocycles. The van der Waals surface area contributed by atoms with Gasteiger partial charge in [0.25, 0.3) is 0 Å². The van der Waals surface area contributed by atoms with Gasteiger partial charge in [0.15, 0.2) is 0 Å². The van der Waals surface area contributed by atoms with Crippen LogP contribution in [0.1, 0.15) is 0 Å². The molecule has 0 aliphatic rings. The Morgan fingerprint density at radius 1 is 1.00 bits per heavy atom. The van der Waals surface area contributed by atoms with E-state index in [1.165, 1.54) is 12.1 Å². The van der Waals surface area contributed by atoms with Gasteiger partial charge in [-0.25, -0.2) is 4.39 Å². The minimum atomic E-state index is -0.478. The third-order valence-corrected chi connectivity index (χ3v) is 2.29. The predicted molar refractivity (Wildman–Crippen MR) is 61.3 cm³/mol. The molecule has 0 amide bonds. The molecule has 0 unspecified atom stereocenters. The molecule has 0 aliphatic heterocycles. The average Bonchev–Trinajstić information content (AvgIpc) is 2.21. The summed E-state index contributed by atoms with van der Waals surface area (Å²) in [4.78, 5) is 10.9. The van der Waals surface area contributed by atoms with E-state index in [0.717, 1.165) is 6.07 Å². The lowest BCUT2D eigenvalue weighted by Gasteiger charge is -2.05. The quantitative estimate of drug-likeness (QED) is 0.846. The van der Waals surface area contributed by atoms with Crippen LogP contribution in [0.5, 0.6) is 11.8 Å². The summed E-state index contributed by atoms with van der Waals surface area (Å²) in [5, 5.41) is -0.144. The van der Waals surface area contributed by atoms with Crippen LogP contribution in [0.15, 0.2) is 18.2 Å². The molecule has 1 heterocycles. The smallest absolute Gasteiger partial charge is 0.327 e. The average molecular weight is 294 g/mol. The van der Waals surface area contributed by atoms with Crippen molar-refractivity contribution in [2.24, 2.45) is 0 Å². The van der Waals surface area contributed by atoms with Crippen LogP contribution in [0.4, 0.5) is 4.39 Å². The highest BCUT2D eigenvalue weighted by Crippen LogP contribution is 2.28. The summed E-state index contributed by atoms with van der Waals surface area (Å²) in [5.41, 5.74) is 0. The minimum Gasteiger partial charge on any atom is -0.423 e. The van der Waals surface area contributed by atoms with Gasteiger partial charge in [0.2, 0.25) is 10.6 Å². The number of aromatic nitrogens is 3. The van der Waals surface area contributed by atoms with E-state index >= 15 is 0 Å². The Morgan fingerprint density at radius 2 is 1.65 bits per heavy atom. The lowest BCUT2D eigenvalue weighted by molar-refractivity contribution is 0.438. The summed E-state index contributed by atoms with van der Waals surface area (Å²) in [6, 6.07) is 3.50. The van der Waals surface area contributed by atoms with Gasteiger partial charge in [0.05, 0.1) is 5.02 Å². The molecule has 17 heavy (non-hydrogen) atoms. The third kappa shape index (κ3) is 3.15. The van der Waals surface area contributed by atoms with Crippen molar-refractivity contribution in [3.8, 4) is 11.8 Å². The minimum absolute atomic E-state index is 0.0812. The van der Waals surface area contributed by atoms with Crippen molar-refractivity contribution < 1.29 is 9.13 Å². The van der Waals surface area contributed by atoms with Gasteiger partial charge in [0, 0.05) is 0 Å². The molecule has 2 rings (SSSR count). The van der Waals surface area contributed by atoms with Gasteiger partial charge in [-0.2, -0.15) is 15.0 Å². The second kappa shape index (κ2) is 5.00. The monoisotopic (exact) mass is 293 g/mol. The lowest BCUT2D eigenvalue weighted by atomic mass is 10.3. The largest absolute Gasteiger partial charge is 0.423 e. The van der Waals surface area contributed by atoms with E-state index in [0.29, 0.717) is 0 Å². The van der Waals surface area contributed by atoms with Crippen LogP contribution in [0.3, 0.4) is 0 Å². The van der Waals surface area contributed by atoms with Gasteiger partial charge in [-0.05, 0) is 41.4 Å². The molecule has 8 heteroatoms. The highest BCUT2D eigenvalue weighted by atomic mass is 35.5. The van der Waals surface area contributed by atoms with Crippen LogP contribution in [-0.2, 0) is 0 Å². The normalized spacial score (nSPS) is 10.4. The molecule has 1 aromatic heterocycles. The molecule has 0 spiro atoms. The first-order valence-electron chi connectivity index (χ1n) is 4.24. The summed E-state index contributed by atoms with van der Waals surface area (Å²) in [6.07, 6.45) is 0. The number of hydrogen-bond donors (Lipinski definition) is 0. The maximum Gasteiger partial charge on any atom is 0.327 e. The zero-order valence-corrected chi connectivity index (χ0v) is 10.3. The van der Waals surface area contributed by atoms with Gasteiger partial charge in [0.1, 0.15) is 11.6 Å². The van der Waals surface area contributed by atoms with E-state index in [-0.39, 0.29) is 27.3 Å². The standard InChI is InChI=1S/C9H3Cl3FN3O/c10-5-3-4(13)1-2-6(5)17-9-15-7(11)14-8(12)16-9/h1-3H. The number of halogens is 4. The summed E-state index contributed by atoms with van der Waals surface area (Å²) in [5.74, 6) is -0.291. The number of ether oxygens (including phenoxy) is 1. The Balaban J connectivity index is 2.31. The zero-order valence-electron chi connectivity index (χ0n) is 7.99. The molecule has 0 radical (unpaired) electrons. The first kappa shape index (κ1) is 12.3. The number of hydrogen-bond acceptors (Lipinski definition) is 4. The van der Waals surface area contributed by atoms with Crippen LogP contribution in [0.25, 0.3) is 0 Å². The highest BCUT2D eigenvalue weighted by Gasteiger charge is 2.09. The van der Waals surface area contributed by atoms with Crippen LogP contribution in [-0.4, -0.2) is 15.0 Å². The van der Waals surface area contributed by atoms with E-state index in [1.54, 1.807) is 0 Å². The van der Waals surface area contributed by atoms with Gasteiger partial charge < -0.3 is 4.74 Å². The second-order valence-electron chi connectivity index (χ2n) is 2.83. The molecule has 0 saturated heterocycles. The molecular weight excluding hydrogens is 291 g/mol.